The second kappa shape index (κ2) is 3.14. The Balaban J connectivity index is 2.72. The molecule has 72 valence electrons. The zero-order valence-corrected chi connectivity index (χ0v) is 8.00. The zero-order valence-electron chi connectivity index (χ0n) is 8.00. The molecule has 0 aliphatic carbocycles. The van der Waals surface area contributed by atoms with Gasteiger partial charge in [-0.15, -0.1) is 0 Å². The summed E-state index contributed by atoms with van der Waals surface area (Å²) in [6.07, 6.45) is 1.57. The highest BCUT2D eigenvalue weighted by molar-refractivity contribution is 6.02. The van der Waals surface area contributed by atoms with Crippen LogP contribution in [0.2, 0.25) is 0 Å². The lowest BCUT2D eigenvalue weighted by Gasteiger charge is -2.01. The number of aromatic nitrogens is 2. The Kier molecular flexibility index (Phi) is 1.96. The van der Waals surface area contributed by atoms with Crippen LogP contribution in [0.25, 0.3) is 11.0 Å². The van der Waals surface area contributed by atoms with Crippen molar-refractivity contribution in [1.29, 1.82) is 0 Å². The van der Waals surface area contributed by atoms with Gasteiger partial charge in [0.1, 0.15) is 0 Å². The van der Waals surface area contributed by atoms with E-state index in [-0.39, 0.29) is 5.97 Å². The van der Waals surface area contributed by atoms with Crippen LogP contribution in [0, 0.1) is 6.92 Å². The smallest absolute Gasteiger partial charge is 0.340 e. The summed E-state index contributed by atoms with van der Waals surface area (Å²) >= 11 is 0. The molecule has 14 heavy (non-hydrogen) atoms. The van der Waals surface area contributed by atoms with Crippen LogP contribution in [0.3, 0.4) is 0 Å². The molecule has 0 radical (unpaired) electrons. The van der Waals surface area contributed by atoms with E-state index in [0.717, 1.165) is 16.6 Å². The largest absolute Gasteiger partial charge is 0.465 e. The van der Waals surface area contributed by atoms with Crippen LogP contribution < -0.4 is 0 Å². The summed E-state index contributed by atoms with van der Waals surface area (Å²) in [5.74, 6) is -0.348. The van der Waals surface area contributed by atoms with Crippen molar-refractivity contribution in [3.8, 4) is 0 Å². The molecule has 4 heteroatoms. The maximum Gasteiger partial charge on any atom is 0.340 e. The van der Waals surface area contributed by atoms with Crippen LogP contribution in [0.5, 0.6) is 0 Å². The number of nitrogens with zero attached hydrogens (tertiary/aromatic N) is 1. The number of esters is 1. The summed E-state index contributed by atoms with van der Waals surface area (Å²) in [4.78, 5) is 18.4. The third kappa shape index (κ3) is 1.16. The molecule has 0 spiro atoms. The highest BCUT2D eigenvalue weighted by Crippen LogP contribution is 2.19. The number of hydrogen-bond acceptors (Lipinski definition) is 3. The molecule has 0 aliphatic heterocycles. The Morgan fingerprint density at radius 1 is 1.50 bits per heavy atom. The van der Waals surface area contributed by atoms with Crippen molar-refractivity contribution in [3.63, 3.8) is 0 Å². The van der Waals surface area contributed by atoms with Crippen LogP contribution in [0.1, 0.15) is 15.9 Å². The van der Waals surface area contributed by atoms with Gasteiger partial charge in [0.05, 0.1) is 30.0 Å². The lowest BCUT2D eigenvalue weighted by atomic mass is 10.1. The van der Waals surface area contributed by atoms with Gasteiger partial charge in [-0.25, -0.2) is 9.78 Å². The Morgan fingerprint density at radius 3 is 3.00 bits per heavy atom. The van der Waals surface area contributed by atoms with Crippen molar-refractivity contribution in [3.05, 3.63) is 29.6 Å². The number of fused-ring (bicyclic) bond motifs is 1. The summed E-state index contributed by atoms with van der Waals surface area (Å²) < 4.78 is 4.67. The number of imidazole rings is 1. The molecule has 0 fully saturated rings. The van der Waals surface area contributed by atoms with Crippen molar-refractivity contribution in [2.24, 2.45) is 0 Å². The number of aryl methyl sites for hydroxylation is 1. The molecular formula is C10H10N2O2. The van der Waals surface area contributed by atoms with E-state index in [1.165, 1.54) is 7.11 Å². The van der Waals surface area contributed by atoms with Gasteiger partial charge in [-0.05, 0) is 18.6 Å². The molecule has 2 rings (SSSR count). The van der Waals surface area contributed by atoms with E-state index in [2.05, 4.69) is 14.7 Å². The predicted octanol–water partition coefficient (Wildman–Crippen LogP) is 1.66. The summed E-state index contributed by atoms with van der Waals surface area (Å²) in [5, 5.41) is 0. The van der Waals surface area contributed by atoms with Crippen molar-refractivity contribution in [2.75, 3.05) is 7.11 Å². The number of nitrogens with one attached hydrogen (secondary N) is 1. The molecule has 4 nitrogen and oxygen atoms in total. The molecule has 2 aromatic rings. The summed E-state index contributed by atoms with van der Waals surface area (Å²) in [6, 6.07) is 3.59. The molecule has 0 aliphatic rings. The highest BCUT2D eigenvalue weighted by Gasteiger charge is 2.12. The summed E-state index contributed by atoms with van der Waals surface area (Å²) in [6.45, 7) is 1.95. The molecule has 1 aromatic carbocycles. The van der Waals surface area contributed by atoms with Crippen LogP contribution in [-0.4, -0.2) is 23.0 Å². The van der Waals surface area contributed by atoms with E-state index < -0.39 is 0 Å². The number of rotatable bonds is 1. The van der Waals surface area contributed by atoms with Gasteiger partial charge >= 0.3 is 5.97 Å². The van der Waals surface area contributed by atoms with Crippen molar-refractivity contribution in [2.45, 2.75) is 6.92 Å². The first-order valence-corrected chi connectivity index (χ1v) is 4.25. The number of methoxy groups -OCH3 is 1. The molecule has 0 amide bonds. The third-order valence-corrected chi connectivity index (χ3v) is 2.19. The van der Waals surface area contributed by atoms with E-state index in [4.69, 9.17) is 0 Å². The fraction of sp³-hybridized carbons (Fsp3) is 0.200. The van der Waals surface area contributed by atoms with Crippen molar-refractivity contribution >= 4 is 17.0 Å². The standard InChI is InChI=1S/C10H10N2O2/c1-6-3-4-7(10(13)14-2)9-8(6)11-5-12-9/h3-5H,1-2H3,(H,11,12). The number of hydrogen-bond donors (Lipinski definition) is 1. The minimum absolute atomic E-state index is 0.348. The first-order chi connectivity index (χ1) is 6.74. The van der Waals surface area contributed by atoms with Gasteiger partial charge in [0, 0.05) is 0 Å². The number of carbonyl (C=O) groups is 1. The van der Waals surface area contributed by atoms with Crippen molar-refractivity contribution in [1.82, 2.24) is 9.97 Å². The maximum atomic E-state index is 11.4. The monoisotopic (exact) mass is 190 g/mol. The average molecular weight is 190 g/mol. The third-order valence-electron chi connectivity index (χ3n) is 2.19. The lowest BCUT2D eigenvalue weighted by Crippen LogP contribution is -2.02. The summed E-state index contributed by atoms with van der Waals surface area (Å²) in [5.41, 5.74) is 3.10. The molecular weight excluding hydrogens is 180 g/mol. The highest BCUT2D eigenvalue weighted by atomic mass is 16.5. The summed E-state index contributed by atoms with van der Waals surface area (Å²) in [7, 11) is 1.37. The van der Waals surface area contributed by atoms with Gasteiger partial charge < -0.3 is 9.72 Å². The van der Waals surface area contributed by atoms with Gasteiger partial charge in [0.25, 0.3) is 0 Å². The lowest BCUT2D eigenvalue weighted by molar-refractivity contribution is 0.0603. The van der Waals surface area contributed by atoms with E-state index in [0.29, 0.717) is 5.56 Å². The van der Waals surface area contributed by atoms with Crippen LogP contribution in [-0.2, 0) is 4.74 Å². The zero-order chi connectivity index (χ0) is 10.1. The molecule has 1 N–H and O–H groups in total. The number of ether oxygens (including phenoxy) is 1. The predicted molar refractivity (Wildman–Crippen MR) is 52.2 cm³/mol. The first kappa shape index (κ1) is 8.74. The molecule has 0 bridgehead atoms. The van der Waals surface area contributed by atoms with Gasteiger partial charge in [0.2, 0.25) is 0 Å². The molecule has 0 atom stereocenters. The van der Waals surface area contributed by atoms with E-state index in [1.807, 2.05) is 13.0 Å². The van der Waals surface area contributed by atoms with E-state index in [1.54, 1.807) is 12.4 Å². The Bertz CT molecular complexity index is 488. The van der Waals surface area contributed by atoms with Gasteiger partial charge in [0.15, 0.2) is 0 Å². The quantitative estimate of drug-likeness (QED) is 0.696. The first-order valence-electron chi connectivity index (χ1n) is 4.25. The van der Waals surface area contributed by atoms with Crippen LogP contribution in [0.15, 0.2) is 18.5 Å². The minimum Gasteiger partial charge on any atom is -0.465 e. The number of aromatic amines is 1. The normalized spacial score (nSPS) is 10.4. The molecule has 1 aromatic heterocycles. The van der Waals surface area contributed by atoms with Gasteiger partial charge in [-0.2, -0.15) is 0 Å². The number of benzene rings is 1. The minimum atomic E-state index is -0.348. The van der Waals surface area contributed by atoms with Gasteiger partial charge in [-0.1, -0.05) is 6.07 Å². The Hall–Kier alpha value is -1.84. The van der Waals surface area contributed by atoms with Crippen molar-refractivity contribution < 1.29 is 9.53 Å². The molecule has 0 saturated heterocycles. The van der Waals surface area contributed by atoms with E-state index in [9.17, 15) is 4.79 Å². The Labute approximate surface area is 80.9 Å². The molecule has 1 heterocycles. The van der Waals surface area contributed by atoms with E-state index >= 15 is 0 Å². The maximum absolute atomic E-state index is 11.4. The molecule has 0 saturated carbocycles. The van der Waals surface area contributed by atoms with Crippen LogP contribution in [0.4, 0.5) is 0 Å². The fourth-order valence-corrected chi connectivity index (χ4v) is 1.45. The SMILES string of the molecule is COC(=O)c1ccc(C)c2nc[nH]c12. The number of carbonyl (C=O) groups excluding carboxylic acids is 1. The second-order valence-corrected chi connectivity index (χ2v) is 3.05. The number of H-pyrrole nitrogens is 1. The topological polar surface area (TPSA) is 55.0 Å². The molecule has 0 unspecified atom stereocenters. The Morgan fingerprint density at radius 2 is 2.29 bits per heavy atom. The van der Waals surface area contributed by atoms with Gasteiger partial charge in [-0.3, -0.25) is 0 Å². The van der Waals surface area contributed by atoms with Crippen LogP contribution >= 0.6 is 0 Å². The second-order valence-electron chi connectivity index (χ2n) is 3.05. The fourth-order valence-electron chi connectivity index (χ4n) is 1.45. The average Bonchev–Trinajstić information content (AvgIpc) is 2.67.